The SMILES string of the molecule is CCN(C)/C=N\c1cc(Cl)c(Cc2cccc(C)c2C)cc1Cl. The Morgan fingerprint density at radius 3 is 2.52 bits per heavy atom. The van der Waals surface area contributed by atoms with Gasteiger partial charge in [0.15, 0.2) is 0 Å². The van der Waals surface area contributed by atoms with Gasteiger partial charge in [-0.25, -0.2) is 4.99 Å². The van der Waals surface area contributed by atoms with Gasteiger partial charge in [0.2, 0.25) is 0 Å². The van der Waals surface area contributed by atoms with Crippen LogP contribution in [0.5, 0.6) is 0 Å². The van der Waals surface area contributed by atoms with Crippen LogP contribution in [0, 0.1) is 13.8 Å². The molecule has 23 heavy (non-hydrogen) atoms. The van der Waals surface area contributed by atoms with Crippen molar-refractivity contribution < 1.29 is 0 Å². The van der Waals surface area contributed by atoms with Crippen LogP contribution in [-0.4, -0.2) is 24.8 Å². The van der Waals surface area contributed by atoms with Crippen LogP contribution in [0.4, 0.5) is 5.69 Å². The first-order valence-electron chi connectivity index (χ1n) is 7.69. The zero-order valence-electron chi connectivity index (χ0n) is 14.0. The minimum Gasteiger partial charge on any atom is -0.366 e. The highest BCUT2D eigenvalue weighted by atomic mass is 35.5. The van der Waals surface area contributed by atoms with E-state index in [1.54, 1.807) is 6.34 Å². The summed E-state index contributed by atoms with van der Waals surface area (Å²) in [6.07, 6.45) is 2.53. The van der Waals surface area contributed by atoms with Crippen LogP contribution in [0.1, 0.15) is 29.2 Å². The predicted molar refractivity (Wildman–Crippen MR) is 102 cm³/mol. The molecule has 0 N–H and O–H groups in total. The van der Waals surface area contributed by atoms with Gasteiger partial charge in [-0.05, 0) is 61.6 Å². The summed E-state index contributed by atoms with van der Waals surface area (Å²) >= 11 is 12.8. The van der Waals surface area contributed by atoms with Crippen molar-refractivity contribution in [3.05, 3.63) is 62.6 Å². The van der Waals surface area contributed by atoms with Crippen molar-refractivity contribution in [1.82, 2.24) is 4.90 Å². The quantitative estimate of drug-likeness (QED) is 0.491. The van der Waals surface area contributed by atoms with Crippen molar-refractivity contribution in [2.24, 2.45) is 4.99 Å². The van der Waals surface area contributed by atoms with Gasteiger partial charge in [0.05, 0.1) is 17.0 Å². The second-order valence-corrected chi connectivity index (χ2v) is 6.56. The van der Waals surface area contributed by atoms with E-state index in [-0.39, 0.29) is 0 Å². The molecule has 4 heteroatoms. The fourth-order valence-electron chi connectivity index (χ4n) is 2.26. The molecule has 0 aromatic heterocycles. The third kappa shape index (κ3) is 4.49. The smallest absolute Gasteiger partial charge is 0.0910 e. The summed E-state index contributed by atoms with van der Waals surface area (Å²) in [4.78, 5) is 6.38. The molecule has 0 unspecified atom stereocenters. The third-order valence-electron chi connectivity index (χ3n) is 4.11. The maximum Gasteiger partial charge on any atom is 0.0910 e. The molecule has 2 rings (SSSR count). The Balaban J connectivity index is 2.30. The maximum atomic E-state index is 6.45. The third-order valence-corrected chi connectivity index (χ3v) is 4.76. The van der Waals surface area contributed by atoms with E-state index in [0.717, 1.165) is 18.5 Å². The van der Waals surface area contributed by atoms with Gasteiger partial charge in [-0.2, -0.15) is 0 Å². The summed E-state index contributed by atoms with van der Waals surface area (Å²) in [5, 5.41) is 1.32. The van der Waals surface area contributed by atoms with E-state index in [2.05, 4.69) is 44.0 Å². The number of benzene rings is 2. The van der Waals surface area contributed by atoms with E-state index in [9.17, 15) is 0 Å². The van der Waals surface area contributed by atoms with Gasteiger partial charge in [-0.3, -0.25) is 0 Å². The van der Waals surface area contributed by atoms with E-state index in [0.29, 0.717) is 15.7 Å². The second-order valence-electron chi connectivity index (χ2n) is 5.75. The predicted octanol–water partition coefficient (Wildman–Crippen LogP) is 5.81. The number of rotatable bonds is 5. The summed E-state index contributed by atoms with van der Waals surface area (Å²) in [5.41, 5.74) is 5.57. The average molecular weight is 349 g/mol. The Labute approximate surface area is 148 Å². The minimum absolute atomic E-state index is 0.621. The molecule has 2 aromatic carbocycles. The van der Waals surface area contributed by atoms with E-state index in [1.165, 1.54) is 16.7 Å². The van der Waals surface area contributed by atoms with Crippen LogP contribution in [0.25, 0.3) is 0 Å². The van der Waals surface area contributed by atoms with Crippen LogP contribution in [0.3, 0.4) is 0 Å². The summed E-state index contributed by atoms with van der Waals surface area (Å²) in [7, 11) is 1.97. The number of aliphatic imine (C=N–C) groups is 1. The molecule has 122 valence electrons. The summed E-state index contributed by atoms with van der Waals surface area (Å²) < 4.78 is 0. The fraction of sp³-hybridized carbons (Fsp3) is 0.316. The van der Waals surface area contributed by atoms with E-state index in [4.69, 9.17) is 23.2 Å². The molecule has 0 fully saturated rings. The topological polar surface area (TPSA) is 15.6 Å². The first-order chi connectivity index (χ1) is 10.9. The molecule has 0 spiro atoms. The zero-order chi connectivity index (χ0) is 17.0. The molecule has 0 saturated carbocycles. The molecule has 2 aromatic rings. The number of hydrogen-bond acceptors (Lipinski definition) is 1. The average Bonchev–Trinajstić information content (AvgIpc) is 2.53. The van der Waals surface area contributed by atoms with Gasteiger partial charge >= 0.3 is 0 Å². The van der Waals surface area contributed by atoms with Crippen LogP contribution < -0.4 is 0 Å². The lowest BCUT2D eigenvalue weighted by molar-refractivity contribution is 0.552. The molecule has 0 atom stereocenters. The van der Waals surface area contributed by atoms with Gasteiger partial charge in [0.1, 0.15) is 0 Å². The Bertz CT molecular complexity index is 724. The summed E-state index contributed by atoms with van der Waals surface area (Å²) in [6.45, 7) is 7.21. The molecule has 0 heterocycles. The molecule has 0 bridgehead atoms. The molecule has 0 saturated heterocycles. The number of nitrogens with zero attached hydrogens (tertiary/aromatic N) is 2. The van der Waals surface area contributed by atoms with Crippen LogP contribution in [0.15, 0.2) is 35.3 Å². The molecule has 0 amide bonds. The lowest BCUT2D eigenvalue weighted by Crippen LogP contribution is -2.14. The van der Waals surface area contributed by atoms with Crippen molar-refractivity contribution in [3.8, 4) is 0 Å². The van der Waals surface area contributed by atoms with Gasteiger partial charge < -0.3 is 4.90 Å². The van der Waals surface area contributed by atoms with Crippen molar-refractivity contribution in [2.75, 3.05) is 13.6 Å². The van der Waals surface area contributed by atoms with Gasteiger partial charge in [0, 0.05) is 18.6 Å². The number of hydrogen-bond donors (Lipinski definition) is 0. The van der Waals surface area contributed by atoms with E-state index in [1.807, 2.05) is 24.1 Å². The number of halogens is 2. The lowest BCUT2D eigenvalue weighted by atomic mass is 9.97. The zero-order valence-corrected chi connectivity index (χ0v) is 15.5. The lowest BCUT2D eigenvalue weighted by Gasteiger charge is -2.12. The number of aryl methyl sites for hydroxylation is 1. The standard InChI is InChI=1S/C19H22Cl2N2/c1-5-23(4)12-22-19-11-17(20)16(10-18(19)21)9-15-8-6-7-13(2)14(15)3/h6-8,10-12H,5,9H2,1-4H3/b22-12-. The highest BCUT2D eigenvalue weighted by Crippen LogP contribution is 2.33. The first kappa shape index (κ1) is 17.8. The van der Waals surface area contributed by atoms with Crippen LogP contribution >= 0.6 is 23.2 Å². The van der Waals surface area contributed by atoms with Crippen molar-refractivity contribution in [2.45, 2.75) is 27.2 Å². The Kier molecular flexibility index (Phi) is 6.09. The highest BCUT2D eigenvalue weighted by Gasteiger charge is 2.09. The first-order valence-corrected chi connectivity index (χ1v) is 8.45. The highest BCUT2D eigenvalue weighted by molar-refractivity contribution is 6.35. The van der Waals surface area contributed by atoms with Crippen LogP contribution in [-0.2, 0) is 6.42 Å². The minimum atomic E-state index is 0.621. The Hall–Kier alpha value is -1.51. The maximum absolute atomic E-state index is 6.45. The monoisotopic (exact) mass is 348 g/mol. The molecule has 0 aliphatic rings. The summed E-state index contributed by atoms with van der Waals surface area (Å²) in [5.74, 6) is 0. The second kappa shape index (κ2) is 7.85. The molecular formula is C19H22Cl2N2. The van der Waals surface area contributed by atoms with Gasteiger partial charge in [-0.15, -0.1) is 0 Å². The molecular weight excluding hydrogens is 327 g/mol. The van der Waals surface area contributed by atoms with Crippen molar-refractivity contribution in [3.63, 3.8) is 0 Å². The Morgan fingerprint density at radius 1 is 1.09 bits per heavy atom. The van der Waals surface area contributed by atoms with E-state index >= 15 is 0 Å². The molecule has 0 radical (unpaired) electrons. The van der Waals surface area contributed by atoms with Gasteiger partial charge in [0.25, 0.3) is 0 Å². The molecule has 2 nitrogen and oxygen atoms in total. The van der Waals surface area contributed by atoms with Crippen molar-refractivity contribution in [1.29, 1.82) is 0 Å². The fourth-order valence-corrected chi connectivity index (χ4v) is 2.72. The normalized spacial score (nSPS) is 11.2. The Morgan fingerprint density at radius 2 is 1.83 bits per heavy atom. The molecule has 0 aliphatic carbocycles. The largest absolute Gasteiger partial charge is 0.366 e. The van der Waals surface area contributed by atoms with Crippen molar-refractivity contribution >= 4 is 35.2 Å². The van der Waals surface area contributed by atoms with Gasteiger partial charge in [-0.1, -0.05) is 41.4 Å². The van der Waals surface area contributed by atoms with Crippen LogP contribution in [0.2, 0.25) is 10.0 Å². The molecule has 0 aliphatic heterocycles. The summed E-state index contributed by atoms with van der Waals surface area (Å²) in [6, 6.07) is 10.1. The van der Waals surface area contributed by atoms with E-state index < -0.39 is 0 Å².